The van der Waals surface area contributed by atoms with Gasteiger partial charge in [-0.25, -0.2) is 8.78 Å². The summed E-state index contributed by atoms with van der Waals surface area (Å²) < 4.78 is 27.4. The molecule has 104 valence electrons. The molecule has 1 aromatic rings. The molecule has 0 aromatic heterocycles. The number of rotatable bonds is 5. The summed E-state index contributed by atoms with van der Waals surface area (Å²) in [4.78, 5) is 12.9. The van der Waals surface area contributed by atoms with E-state index >= 15 is 0 Å². The Hall–Kier alpha value is -2.67. The fourth-order valence-corrected chi connectivity index (χ4v) is 1.60. The lowest BCUT2D eigenvalue weighted by molar-refractivity contribution is 0.0793. The van der Waals surface area contributed by atoms with Crippen LogP contribution >= 0.6 is 0 Å². The highest BCUT2D eigenvalue weighted by atomic mass is 19.1. The van der Waals surface area contributed by atoms with E-state index in [0.717, 1.165) is 17.0 Å². The standard InChI is InChI=1S/C13H12F2N4O/c1-2-18-12-10(14)7-9(8-11(12)15)13(20)19(5-3-16)6-4-17/h7-8,18H,2,5-6H2,1H3. The van der Waals surface area contributed by atoms with Gasteiger partial charge in [0, 0.05) is 12.1 Å². The van der Waals surface area contributed by atoms with Gasteiger partial charge in [-0.1, -0.05) is 0 Å². The van der Waals surface area contributed by atoms with Gasteiger partial charge in [0.2, 0.25) is 0 Å². The number of hydrogen-bond donors (Lipinski definition) is 1. The number of anilines is 1. The Labute approximate surface area is 115 Å². The molecule has 0 radical (unpaired) electrons. The van der Waals surface area contributed by atoms with Crippen LogP contribution in [0.2, 0.25) is 0 Å². The second-order valence-electron chi connectivity index (χ2n) is 3.82. The molecule has 1 N–H and O–H groups in total. The van der Waals surface area contributed by atoms with Crippen LogP contribution in [0, 0.1) is 34.3 Å². The third-order valence-corrected chi connectivity index (χ3v) is 2.45. The molecule has 0 spiro atoms. The van der Waals surface area contributed by atoms with Crippen LogP contribution in [0.4, 0.5) is 14.5 Å². The predicted octanol–water partition coefficient (Wildman–Crippen LogP) is 1.89. The first-order valence-electron chi connectivity index (χ1n) is 5.81. The fourth-order valence-electron chi connectivity index (χ4n) is 1.60. The van der Waals surface area contributed by atoms with Crippen LogP contribution in [0.5, 0.6) is 0 Å². The van der Waals surface area contributed by atoms with Gasteiger partial charge in [0.05, 0.1) is 12.1 Å². The lowest BCUT2D eigenvalue weighted by Gasteiger charge is -2.16. The molecule has 0 atom stereocenters. The fraction of sp³-hybridized carbons (Fsp3) is 0.308. The minimum atomic E-state index is -0.899. The van der Waals surface area contributed by atoms with E-state index in [4.69, 9.17) is 10.5 Å². The van der Waals surface area contributed by atoms with Gasteiger partial charge in [-0.15, -0.1) is 0 Å². The maximum Gasteiger partial charge on any atom is 0.255 e. The molecule has 20 heavy (non-hydrogen) atoms. The Morgan fingerprint density at radius 1 is 1.25 bits per heavy atom. The Balaban J connectivity index is 3.11. The van der Waals surface area contributed by atoms with Crippen molar-refractivity contribution in [2.45, 2.75) is 6.92 Å². The van der Waals surface area contributed by atoms with Crippen molar-refractivity contribution >= 4 is 11.6 Å². The molecule has 5 nitrogen and oxygen atoms in total. The van der Waals surface area contributed by atoms with Gasteiger partial charge in [0.25, 0.3) is 5.91 Å². The van der Waals surface area contributed by atoms with Crippen molar-refractivity contribution in [2.75, 3.05) is 25.0 Å². The number of halogens is 2. The number of nitrogens with zero attached hydrogens (tertiary/aromatic N) is 3. The first-order chi connectivity index (χ1) is 9.54. The van der Waals surface area contributed by atoms with Crippen LogP contribution in [0.25, 0.3) is 0 Å². The molecule has 0 fully saturated rings. The van der Waals surface area contributed by atoms with Crippen LogP contribution in [0.15, 0.2) is 12.1 Å². The average molecular weight is 278 g/mol. The molecule has 0 bridgehead atoms. The molecule has 1 aromatic carbocycles. The second-order valence-corrected chi connectivity index (χ2v) is 3.82. The van der Waals surface area contributed by atoms with E-state index < -0.39 is 17.5 Å². The summed E-state index contributed by atoms with van der Waals surface area (Å²) in [7, 11) is 0. The smallest absolute Gasteiger partial charge is 0.255 e. The maximum absolute atomic E-state index is 13.7. The van der Waals surface area contributed by atoms with Gasteiger partial charge in [0.1, 0.15) is 30.4 Å². The number of carbonyl (C=O) groups is 1. The highest BCUT2D eigenvalue weighted by Gasteiger charge is 2.19. The third-order valence-electron chi connectivity index (χ3n) is 2.45. The number of hydrogen-bond acceptors (Lipinski definition) is 4. The van der Waals surface area contributed by atoms with E-state index in [0.29, 0.717) is 6.54 Å². The zero-order chi connectivity index (χ0) is 15.1. The highest BCUT2D eigenvalue weighted by Crippen LogP contribution is 2.21. The van der Waals surface area contributed by atoms with Crippen LogP contribution in [-0.4, -0.2) is 30.4 Å². The van der Waals surface area contributed by atoms with E-state index in [1.54, 1.807) is 19.1 Å². The van der Waals surface area contributed by atoms with Crippen molar-refractivity contribution in [1.29, 1.82) is 10.5 Å². The molecular formula is C13H12F2N4O. The van der Waals surface area contributed by atoms with Gasteiger partial charge in [0.15, 0.2) is 0 Å². The summed E-state index contributed by atoms with van der Waals surface area (Å²) in [5.74, 6) is -2.57. The quantitative estimate of drug-likeness (QED) is 0.834. The summed E-state index contributed by atoms with van der Waals surface area (Å²) in [6, 6.07) is 5.20. The van der Waals surface area contributed by atoms with Crippen LogP contribution in [-0.2, 0) is 0 Å². The Bertz CT molecular complexity index is 550. The van der Waals surface area contributed by atoms with Crippen molar-refractivity contribution in [3.05, 3.63) is 29.3 Å². The summed E-state index contributed by atoms with van der Waals surface area (Å²) in [6.07, 6.45) is 0. The number of carbonyl (C=O) groups excluding carboxylic acids is 1. The van der Waals surface area contributed by atoms with E-state index in [-0.39, 0.29) is 24.3 Å². The zero-order valence-electron chi connectivity index (χ0n) is 10.8. The van der Waals surface area contributed by atoms with E-state index in [2.05, 4.69) is 5.32 Å². The summed E-state index contributed by atoms with van der Waals surface area (Å²) in [5, 5.41) is 19.7. The summed E-state index contributed by atoms with van der Waals surface area (Å²) >= 11 is 0. The highest BCUT2D eigenvalue weighted by molar-refractivity contribution is 5.95. The molecule has 0 heterocycles. The molecular weight excluding hydrogens is 266 g/mol. The number of amides is 1. The normalized spacial score (nSPS) is 9.45. The van der Waals surface area contributed by atoms with Crippen LogP contribution < -0.4 is 5.32 Å². The van der Waals surface area contributed by atoms with Gasteiger partial charge >= 0.3 is 0 Å². The van der Waals surface area contributed by atoms with Crippen molar-refractivity contribution in [3.63, 3.8) is 0 Å². The molecule has 7 heteroatoms. The van der Waals surface area contributed by atoms with Crippen LogP contribution in [0.1, 0.15) is 17.3 Å². The minimum Gasteiger partial charge on any atom is -0.381 e. The van der Waals surface area contributed by atoms with Gasteiger partial charge in [-0.2, -0.15) is 10.5 Å². The summed E-state index contributed by atoms with van der Waals surface area (Å²) in [6.45, 7) is 1.35. The average Bonchev–Trinajstić information content (AvgIpc) is 2.41. The molecule has 0 unspecified atom stereocenters. The van der Waals surface area contributed by atoms with Crippen LogP contribution in [0.3, 0.4) is 0 Å². The minimum absolute atomic E-state index is 0.243. The summed E-state index contributed by atoms with van der Waals surface area (Å²) in [5.41, 5.74) is -0.552. The number of nitrogens with one attached hydrogen (secondary N) is 1. The second kappa shape index (κ2) is 7.05. The first-order valence-corrected chi connectivity index (χ1v) is 5.81. The zero-order valence-corrected chi connectivity index (χ0v) is 10.8. The third kappa shape index (κ3) is 3.42. The first kappa shape index (κ1) is 15.4. The molecule has 0 saturated carbocycles. The molecule has 1 amide bonds. The Kier molecular flexibility index (Phi) is 5.42. The lowest BCUT2D eigenvalue weighted by atomic mass is 10.1. The topological polar surface area (TPSA) is 79.9 Å². The largest absolute Gasteiger partial charge is 0.381 e. The van der Waals surface area contributed by atoms with E-state index in [1.165, 1.54) is 0 Å². The van der Waals surface area contributed by atoms with Crippen molar-refractivity contribution in [2.24, 2.45) is 0 Å². The Morgan fingerprint density at radius 3 is 2.15 bits per heavy atom. The SMILES string of the molecule is CCNc1c(F)cc(C(=O)N(CC#N)CC#N)cc1F. The monoisotopic (exact) mass is 278 g/mol. The molecule has 1 rings (SSSR count). The van der Waals surface area contributed by atoms with Crippen molar-refractivity contribution < 1.29 is 13.6 Å². The van der Waals surface area contributed by atoms with Crippen molar-refractivity contribution in [3.8, 4) is 12.1 Å². The van der Waals surface area contributed by atoms with Gasteiger partial charge < -0.3 is 10.2 Å². The predicted molar refractivity (Wildman–Crippen MR) is 67.7 cm³/mol. The van der Waals surface area contributed by atoms with Crippen molar-refractivity contribution in [1.82, 2.24) is 4.90 Å². The van der Waals surface area contributed by atoms with Gasteiger partial charge in [-0.3, -0.25) is 4.79 Å². The van der Waals surface area contributed by atoms with E-state index in [1.807, 2.05) is 0 Å². The molecule has 0 saturated heterocycles. The number of nitriles is 2. The molecule has 0 aliphatic carbocycles. The maximum atomic E-state index is 13.7. The number of benzene rings is 1. The Morgan fingerprint density at radius 2 is 1.75 bits per heavy atom. The lowest BCUT2D eigenvalue weighted by Crippen LogP contribution is -2.32. The molecule has 0 aliphatic heterocycles. The molecule has 0 aliphatic rings. The van der Waals surface area contributed by atoms with Gasteiger partial charge in [-0.05, 0) is 19.1 Å². The van der Waals surface area contributed by atoms with E-state index in [9.17, 15) is 13.6 Å².